The summed E-state index contributed by atoms with van der Waals surface area (Å²) in [5.74, 6) is -0.0401. The minimum absolute atomic E-state index is 0.117. The Morgan fingerprint density at radius 3 is 2.59 bits per heavy atom. The molecule has 0 saturated heterocycles. The van der Waals surface area contributed by atoms with Gasteiger partial charge >= 0.3 is 5.97 Å². The van der Waals surface area contributed by atoms with E-state index in [-0.39, 0.29) is 17.3 Å². The molecule has 0 amide bonds. The number of carbonyl (C=O) groups is 1. The molecule has 7 heteroatoms. The van der Waals surface area contributed by atoms with Gasteiger partial charge in [-0.05, 0) is 13.2 Å². The van der Waals surface area contributed by atoms with Gasteiger partial charge in [-0.15, -0.1) is 0 Å². The van der Waals surface area contributed by atoms with Crippen LogP contribution in [0.5, 0.6) is 0 Å². The van der Waals surface area contributed by atoms with Crippen molar-refractivity contribution >= 4 is 35.1 Å². The number of esters is 1. The van der Waals surface area contributed by atoms with Crippen LogP contribution in [0.2, 0.25) is 5.15 Å². The SMILES string of the molecule is CCOC(=O)c1c(Cl)nc(SC)nc1N(C)C. The van der Waals surface area contributed by atoms with Gasteiger partial charge in [-0.3, -0.25) is 0 Å². The van der Waals surface area contributed by atoms with E-state index in [4.69, 9.17) is 16.3 Å². The van der Waals surface area contributed by atoms with E-state index in [1.165, 1.54) is 11.8 Å². The van der Waals surface area contributed by atoms with Crippen LogP contribution >= 0.6 is 23.4 Å². The number of rotatable bonds is 4. The van der Waals surface area contributed by atoms with Crippen LogP contribution in [-0.4, -0.2) is 42.9 Å². The molecule has 0 saturated carbocycles. The lowest BCUT2D eigenvalue weighted by molar-refractivity contribution is 0.0526. The lowest BCUT2D eigenvalue weighted by Crippen LogP contribution is -2.19. The van der Waals surface area contributed by atoms with Crippen molar-refractivity contribution < 1.29 is 9.53 Å². The first-order valence-corrected chi connectivity index (χ1v) is 6.57. The van der Waals surface area contributed by atoms with Crippen LogP contribution in [-0.2, 0) is 4.74 Å². The summed E-state index contributed by atoms with van der Waals surface area (Å²) in [5.41, 5.74) is 0.205. The van der Waals surface area contributed by atoms with Crippen molar-refractivity contribution in [2.45, 2.75) is 12.1 Å². The Bertz CT molecular complexity index is 426. The second-order valence-corrected chi connectivity index (χ2v) is 4.45. The summed E-state index contributed by atoms with van der Waals surface area (Å²) in [6.07, 6.45) is 1.84. The Balaban J connectivity index is 3.31. The summed E-state index contributed by atoms with van der Waals surface area (Å²) in [6, 6.07) is 0. The highest BCUT2D eigenvalue weighted by Gasteiger charge is 2.22. The van der Waals surface area contributed by atoms with E-state index < -0.39 is 5.97 Å². The summed E-state index contributed by atoms with van der Waals surface area (Å²) >= 11 is 7.36. The zero-order chi connectivity index (χ0) is 13.0. The third kappa shape index (κ3) is 3.23. The number of nitrogens with zero attached hydrogens (tertiary/aromatic N) is 3. The summed E-state index contributed by atoms with van der Waals surface area (Å²) in [5, 5.41) is 0.637. The van der Waals surface area contributed by atoms with Gasteiger partial charge in [0.05, 0.1) is 6.61 Å². The van der Waals surface area contributed by atoms with Crippen molar-refractivity contribution in [2.24, 2.45) is 0 Å². The van der Waals surface area contributed by atoms with Gasteiger partial charge in [-0.1, -0.05) is 23.4 Å². The number of ether oxygens (including phenoxy) is 1. The van der Waals surface area contributed by atoms with Gasteiger partial charge in [0, 0.05) is 14.1 Å². The topological polar surface area (TPSA) is 55.3 Å². The van der Waals surface area contributed by atoms with Crippen molar-refractivity contribution in [3.05, 3.63) is 10.7 Å². The maximum Gasteiger partial charge on any atom is 0.345 e. The lowest BCUT2D eigenvalue weighted by atomic mass is 10.3. The van der Waals surface area contributed by atoms with Crippen molar-refractivity contribution in [2.75, 3.05) is 31.9 Å². The van der Waals surface area contributed by atoms with E-state index in [2.05, 4.69) is 9.97 Å². The van der Waals surface area contributed by atoms with Gasteiger partial charge in [0.2, 0.25) is 0 Å². The molecular formula is C10H14ClN3O2S. The number of aromatic nitrogens is 2. The third-order valence-corrected chi connectivity index (χ3v) is 2.73. The van der Waals surface area contributed by atoms with Crippen molar-refractivity contribution in [3.8, 4) is 0 Å². The molecule has 1 rings (SSSR count). The monoisotopic (exact) mass is 275 g/mol. The molecule has 0 aliphatic heterocycles. The number of hydrogen-bond donors (Lipinski definition) is 0. The second kappa shape index (κ2) is 6.07. The Morgan fingerprint density at radius 1 is 1.47 bits per heavy atom. The lowest BCUT2D eigenvalue weighted by Gasteiger charge is -2.16. The first-order chi connectivity index (χ1) is 8.01. The molecule has 0 aromatic carbocycles. The van der Waals surface area contributed by atoms with E-state index in [9.17, 15) is 4.79 Å². The van der Waals surface area contributed by atoms with Crippen molar-refractivity contribution in [1.82, 2.24) is 9.97 Å². The van der Waals surface area contributed by atoms with E-state index in [0.29, 0.717) is 11.0 Å². The molecule has 0 aliphatic carbocycles. The quantitative estimate of drug-likeness (QED) is 0.363. The molecule has 0 bridgehead atoms. The van der Waals surface area contributed by atoms with Crippen LogP contribution in [0.15, 0.2) is 5.16 Å². The standard InChI is InChI=1S/C10H14ClN3O2S/c1-5-16-9(15)6-7(11)12-10(17-4)13-8(6)14(2)3/h5H2,1-4H3. The molecule has 0 aliphatic rings. The minimum atomic E-state index is -0.506. The number of thioether (sulfide) groups is 1. The summed E-state index contributed by atoms with van der Waals surface area (Å²) in [7, 11) is 3.57. The molecule has 1 aromatic rings. The number of halogens is 1. The average molecular weight is 276 g/mol. The predicted octanol–water partition coefficient (Wildman–Crippen LogP) is 2.09. The molecule has 0 radical (unpaired) electrons. The maximum atomic E-state index is 11.8. The van der Waals surface area contributed by atoms with Crippen molar-refractivity contribution in [1.29, 1.82) is 0 Å². The molecule has 1 aromatic heterocycles. The first-order valence-electron chi connectivity index (χ1n) is 4.97. The zero-order valence-corrected chi connectivity index (χ0v) is 11.7. The van der Waals surface area contributed by atoms with Crippen LogP contribution in [0.3, 0.4) is 0 Å². The van der Waals surface area contributed by atoms with E-state index in [0.717, 1.165) is 0 Å². The fourth-order valence-electron chi connectivity index (χ4n) is 1.20. The predicted molar refractivity (Wildman–Crippen MR) is 69.1 cm³/mol. The fourth-order valence-corrected chi connectivity index (χ4v) is 1.85. The van der Waals surface area contributed by atoms with E-state index in [1.807, 2.05) is 6.26 Å². The molecular weight excluding hydrogens is 262 g/mol. The highest BCUT2D eigenvalue weighted by atomic mass is 35.5. The Kier molecular flexibility index (Phi) is 5.02. The molecule has 0 N–H and O–H groups in total. The molecule has 0 fully saturated rings. The zero-order valence-electron chi connectivity index (χ0n) is 10.2. The van der Waals surface area contributed by atoms with Gasteiger partial charge in [-0.2, -0.15) is 0 Å². The highest BCUT2D eigenvalue weighted by molar-refractivity contribution is 7.98. The summed E-state index contributed by atoms with van der Waals surface area (Å²) in [6.45, 7) is 2.02. The maximum absolute atomic E-state index is 11.8. The van der Waals surface area contributed by atoms with Gasteiger partial charge in [0.25, 0.3) is 0 Å². The molecule has 5 nitrogen and oxygen atoms in total. The van der Waals surface area contributed by atoms with Crippen molar-refractivity contribution in [3.63, 3.8) is 0 Å². The summed E-state index contributed by atoms with van der Waals surface area (Å²) < 4.78 is 4.94. The number of anilines is 1. The normalized spacial score (nSPS) is 10.2. The molecule has 0 atom stereocenters. The van der Waals surface area contributed by atoms with Crippen LogP contribution in [0.1, 0.15) is 17.3 Å². The molecule has 0 spiro atoms. The molecule has 17 heavy (non-hydrogen) atoms. The van der Waals surface area contributed by atoms with Crippen LogP contribution < -0.4 is 4.90 Å². The fraction of sp³-hybridized carbons (Fsp3) is 0.500. The number of hydrogen-bond acceptors (Lipinski definition) is 6. The van der Waals surface area contributed by atoms with Crippen LogP contribution in [0, 0.1) is 0 Å². The van der Waals surface area contributed by atoms with Gasteiger partial charge in [0.1, 0.15) is 16.5 Å². The van der Waals surface area contributed by atoms with E-state index in [1.54, 1.807) is 25.9 Å². The third-order valence-electron chi connectivity index (χ3n) is 1.91. The summed E-state index contributed by atoms with van der Waals surface area (Å²) in [4.78, 5) is 21.8. The largest absolute Gasteiger partial charge is 0.462 e. The smallest absolute Gasteiger partial charge is 0.345 e. The van der Waals surface area contributed by atoms with Gasteiger partial charge < -0.3 is 9.64 Å². The Labute approximate surface area is 110 Å². The molecule has 0 unspecified atom stereocenters. The van der Waals surface area contributed by atoms with Crippen LogP contribution in [0.4, 0.5) is 5.82 Å². The molecule has 1 heterocycles. The first kappa shape index (κ1) is 14.1. The van der Waals surface area contributed by atoms with Gasteiger partial charge in [-0.25, -0.2) is 14.8 Å². The highest BCUT2D eigenvalue weighted by Crippen LogP contribution is 2.26. The molecule has 94 valence electrons. The second-order valence-electron chi connectivity index (χ2n) is 3.31. The van der Waals surface area contributed by atoms with Gasteiger partial charge in [0.15, 0.2) is 5.16 Å². The number of carbonyl (C=O) groups excluding carboxylic acids is 1. The minimum Gasteiger partial charge on any atom is -0.462 e. The Morgan fingerprint density at radius 2 is 2.12 bits per heavy atom. The van der Waals surface area contributed by atoms with Crippen LogP contribution in [0.25, 0.3) is 0 Å². The average Bonchev–Trinajstić information content (AvgIpc) is 2.27. The van der Waals surface area contributed by atoms with E-state index >= 15 is 0 Å². The Hall–Kier alpha value is -1.01.